The van der Waals surface area contributed by atoms with Gasteiger partial charge in [-0.25, -0.2) is 4.98 Å². The van der Waals surface area contributed by atoms with Crippen LogP contribution in [0.5, 0.6) is 0 Å². The van der Waals surface area contributed by atoms with Crippen molar-refractivity contribution in [1.82, 2.24) is 19.8 Å². The smallest absolute Gasteiger partial charge is 0.216 e. The summed E-state index contributed by atoms with van der Waals surface area (Å²) in [5.74, 6) is 2.06. The lowest BCUT2D eigenvalue weighted by atomic mass is 9.73. The average molecular weight is 380 g/mol. The predicted molar refractivity (Wildman–Crippen MR) is 108 cm³/mol. The molecule has 4 heterocycles. The van der Waals surface area contributed by atoms with Gasteiger partial charge in [0, 0.05) is 44.9 Å². The van der Waals surface area contributed by atoms with Gasteiger partial charge in [-0.1, -0.05) is 18.2 Å². The van der Waals surface area contributed by atoms with E-state index in [1.54, 1.807) is 6.92 Å². The van der Waals surface area contributed by atoms with E-state index in [4.69, 9.17) is 9.72 Å². The molecule has 0 aliphatic carbocycles. The lowest BCUT2D eigenvalue weighted by Gasteiger charge is -2.29. The monoisotopic (exact) mass is 380 g/mol. The Morgan fingerprint density at radius 1 is 1.46 bits per heavy atom. The summed E-state index contributed by atoms with van der Waals surface area (Å²) < 4.78 is 8.76. The van der Waals surface area contributed by atoms with Crippen LogP contribution in [0.1, 0.15) is 25.6 Å². The zero-order valence-electron chi connectivity index (χ0n) is 16.4. The molecule has 4 atom stereocenters. The van der Waals surface area contributed by atoms with Gasteiger partial charge in [-0.3, -0.25) is 9.69 Å². The lowest BCUT2D eigenvalue weighted by Crippen LogP contribution is -2.41. The van der Waals surface area contributed by atoms with Gasteiger partial charge in [0.15, 0.2) is 0 Å². The van der Waals surface area contributed by atoms with Crippen LogP contribution in [0.4, 0.5) is 0 Å². The number of likely N-dealkylation sites (tertiary alicyclic amines) is 1. The van der Waals surface area contributed by atoms with Crippen LogP contribution in [-0.4, -0.2) is 51.7 Å². The third kappa shape index (κ3) is 2.78. The molecule has 2 aromatic rings. The first kappa shape index (κ1) is 17.9. The molecule has 148 valence electrons. The van der Waals surface area contributed by atoms with Gasteiger partial charge < -0.3 is 14.6 Å². The summed E-state index contributed by atoms with van der Waals surface area (Å²) in [7, 11) is 0. The molecule has 1 amide bonds. The highest BCUT2D eigenvalue weighted by Gasteiger charge is 2.62. The molecule has 3 saturated heterocycles. The summed E-state index contributed by atoms with van der Waals surface area (Å²) >= 11 is 0. The second-order valence-corrected chi connectivity index (χ2v) is 8.55. The Kier molecular flexibility index (Phi) is 4.29. The molecule has 2 bridgehead atoms. The number of hydrogen-bond donors (Lipinski definition) is 1. The number of fused-ring (bicyclic) bond motifs is 2. The average Bonchev–Trinajstić information content (AvgIpc) is 3.39. The minimum Gasteiger partial charge on any atom is -0.370 e. The van der Waals surface area contributed by atoms with E-state index >= 15 is 0 Å². The SMILES string of the molecule is C=CCn1c(CN2C[C@@H]3[C@H](CNC(C)=O)[C@H]4CC[C@]3(C2)O4)nc2ccccc21. The molecular weight excluding hydrogens is 352 g/mol. The van der Waals surface area contributed by atoms with Crippen molar-refractivity contribution in [2.24, 2.45) is 11.8 Å². The molecule has 3 aliphatic heterocycles. The van der Waals surface area contributed by atoms with Crippen molar-refractivity contribution in [3.05, 3.63) is 42.7 Å². The minimum atomic E-state index is -0.0247. The lowest BCUT2D eigenvalue weighted by molar-refractivity contribution is -0.119. The molecule has 5 rings (SSSR count). The molecule has 6 nitrogen and oxygen atoms in total. The number of allylic oxidation sites excluding steroid dienone is 1. The highest BCUT2D eigenvalue weighted by molar-refractivity contribution is 5.76. The third-order valence-corrected chi connectivity index (χ3v) is 6.85. The Morgan fingerprint density at radius 3 is 3.14 bits per heavy atom. The topological polar surface area (TPSA) is 59.4 Å². The van der Waals surface area contributed by atoms with Crippen LogP contribution in [-0.2, 0) is 22.6 Å². The number of nitrogens with one attached hydrogen (secondary N) is 1. The van der Waals surface area contributed by atoms with Crippen molar-refractivity contribution in [2.75, 3.05) is 19.6 Å². The summed E-state index contributed by atoms with van der Waals surface area (Å²) in [5, 5.41) is 3.02. The van der Waals surface area contributed by atoms with Crippen molar-refractivity contribution >= 4 is 16.9 Å². The molecule has 3 fully saturated rings. The number of rotatable bonds is 6. The zero-order chi connectivity index (χ0) is 19.3. The van der Waals surface area contributed by atoms with Crippen molar-refractivity contribution in [3.63, 3.8) is 0 Å². The van der Waals surface area contributed by atoms with Crippen LogP contribution >= 0.6 is 0 Å². The van der Waals surface area contributed by atoms with Crippen molar-refractivity contribution in [1.29, 1.82) is 0 Å². The second kappa shape index (κ2) is 6.71. The van der Waals surface area contributed by atoms with Crippen molar-refractivity contribution < 1.29 is 9.53 Å². The van der Waals surface area contributed by atoms with E-state index in [0.29, 0.717) is 17.9 Å². The number of imidazole rings is 1. The molecule has 3 aliphatic rings. The molecule has 0 radical (unpaired) electrons. The van der Waals surface area contributed by atoms with Crippen LogP contribution in [0.2, 0.25) is 0 Å². The molecule has 0 unspecified atom stereocenters. The van der Waals surface area contributed by atoms with E-state index in [0.717, 1.165) is 62.4 Å². The molecule has 0 saturated carbocycles. The first-order chi connectivity index (χ1) is 13.6. The maximum Gasteiger partial charge on any atom is 0.216 e. The quantitative estimate of drug-likeness (QED) is 0.782. The fourth-order valence-corrected chi connectivity index (χ4v) is 5.72. The second-order valence-electron chi connectivity index (χ2n) is 8.55. The number of benzene rings is 1. The first-order valence-corrected chi connectivity index (χ1v) is 10.3. The Hall–Kier alpha value is -2.18. The van der Waals surface area contributed by atoms with E-state index < -0.39 is 0 Å². The van der Waals surface area contributed by atoms with E-state index in [9.17, 15) is 4.79 Å². The van der Waals surface area contributed by atoms with Gasteiger partial charge in [-0.2, -0.15) is 0 Å². The van der Waals surface area contributed by atoms with Crippen molar-refractivity contribution in [3.8, 4) is 0 Å². The molecule has 1 N–H and O–H groups in total. The summed E-state index contributed by atoms with van der Waals surface area (Å²) in [6, 6.07) is 8.30. The van der Waals surface area contributed by atoms with E-state index in [1.165, 1.54) is 0 Å². The van der Waals surface area contributed by atoms with Crippen LogP contribution in [0, 0.1) is 11.8 Å². The van der Waals surface area contributed by atoms with Crippen molar-refractivity contribution in [2.45, 2.75) is 44.6 Å². The van der Waals surface area contributed by atoms with Gasteiger partial charge in [-0.15, -0.1) is 6.58 Å². The number of carbonyl (C=O) groups excluding carboxylic acids is 1. The molecule has 1 aromatic heterocycles. The van der Waals surface area contributed by atoms with Crippen LogP contribution < -0.4 is 5.32 Å². The summed E-state index contributed by atoms with van der Waals surface area (Å²) in [6.07, 6.45) is 4.50. The van der Waals surface area contributed by atoms with Crippen LogP contribution in [0.25, 0.3) is 11.0 Å². The maximum atomic E-state index is 11.4. The third-order valence-electron chi connectivity index (χ3n) is 6.85. The summed E-state index contributed by atoms with van der Waals surface area (Å²) in [6.45, 7) is 9.80. The fourth-order valence-electron chi connectivity index (χ4n) is 5.72. The summed E-state index contributed by atoms with van der Waals surface area (Å²) in [4.78, 5) is 18.8. The van der Waals surface area contributed by atoms with E-state index in [-0.39, 0.29) is 11.5 Å². The normalized spacial score (nSPS) is 31.4. The van der Waals surface area contributed by atoms with E-state index in [2.05, 4.69) is 39.6 Å². The number of nitrogens with zero attached hydrogens (tertiary/aromatic N) is 3. The van der Waals surface area contributed by atoms with Gasteiger partial charge in [0.2, 0.25) is 5.91 Å². The van der Waals surface area contributed by atoms with Crippen LogP contribution in [0.15, 0.2) is 36.9 Å². The highest BCUT2D eigenvalue weighted by atomic mass is 16.5. The Labute approximate surface area is 165 Å². The van der Waals surface area contributed by atoms with Crippen LogP contribution in [0.3, 0.4) is 0 Å². The van der Waals surface area contributed by atoms with Gasteiger partial charge in [0.25, 0.3) is 0 Å². The maximum absolute atomic E-state index is 11.4. The van der Waals surface area contributed by atoms with E-state index in [1.807, 2.05) is 12.1 Å². The van der Waals surface area contributed by atoms with Gasteiger partial charge in [0.05, 0.1) is 29.3 Å². The Balaban J connectivity index is 1.37. The number of carbonyl (C=O) groups is 1. The Morgan fingerprint density at radius 2 is 2.32 bits per heavy atom. The number of ether oxygens (including phenoxy) is 1. The van der Waals surface area contributed by atoms with Gasteiger partial charge >= 0.3 is 0 Å². The molecule has 28 heavy (non-hydrogen) atoms. The number of amides is 1. The minimum absolute atomic E-state index is 0.0247. The number of para-hydroxylation sites is 2. The summed E-state index contributed by atoms with van der Waals surface area (Å²) in [5.41, 5.74) is 2.18. The Bertz CT molecular complexity index is 922. The molecule has 6 heteroatoms. The largest absolute Gasteiger partial charge is 0.370 e. The highest BCUT2D eigenvalue weighted by Crippen LogP contribution is 2.54. The van der Waals surface area contributed by atoms with Gasteiger partial charge in [0.1, 0.15) is 5.82 Å². The predicted octanol–water partition coefficient (Wildman–Crippen LogP) is 2.34. The molecular formula is C22H28N4O2. The molecule has 1 spiro atoms. The number of hydrogen-bond acceptors (Lipinski definition) is 4. The first-order valence-electron chi connectivity index (χ1n) is 10.3. The number of aromatic nitrogens is 2. The molecule has 1 aromatic carbocycles. The fraction of sp³-hybridized carbons (Fsp3) is 0.545. The van der Waals surface area contributed by atoms with Gasteiger partial charge in [-0.05, 0) is 25.0 Å². The zero-order valence-corrected chi connectivity index (χ0v) is 16.4. The standard InChI is InChI=1S/C22H28N4O2/c1-3-10-26-19-7-5-4-6-18(19)24-21(26)13-25-12-17-16(11-23-15(2)27)20-8-9-22(17,14-25)28-20/h3-7,16-17,20H,1,8-14H2,2H3,(H,23,27)/t16-,17+,20+,22+/m0/s1.